The predicted octanol–water partition coefficient (Wildman–Crippen LogP) is 4.20. The molecule has 2 nitrogen and oxygen atoms in total. The minimum absolute atomic E-state index is 0.0204. The van der Waals surface area contributed by atoms with E-state index in [0.717, 1.165) is 48.5 Å². The van der Waals surface area contributed by atoms with E-state index < -0.39 is 0 Å². The molecule has 4 rings (SSSR count). The Hall–Kier alpha value is -1.25. The van der Waals surface area contributed by atoms with Crippen molar-refractivity contribution < 1.29 is 4.74 Å². The average molecular weight is 302 g/mol. The Morgan fingerprint density at radius 1 is 1.14 bits per heavy atom. The Kier molecular flexibility index (Phi) is 2.95. The summed E-state index contributed by atoms with van der Waals surface area (Å²) < 4.78 is 6.42. The van der Waals surface area contributed by atoms with Crippen LogP contribution in [0, 0.1) is 6.92 Å². The van der Waals surface area contributed by atoms with Gasteiger partial charge in [0.1, 0.15) is 11.4 Å². The Labute approximate surface area is 130 Å². The topological polar surface area (TPSA) is 12.5 Å². The first-order valence-corrected chi connectivity index (χ1v) is 8.03. The molecule has 110 valence electrons. The van der Waals surface area contributed by atoms with Gasteiger partial charge in [-0.1, -0.05) is 17.7 Å². The first-order chi connectivity index (χ1) is 10.1. The monoisotopic (exact) mass is 301 g/mol. The Balaban J connectivity index is 1.78. The molecule has 0 unspecified atom stereocenters. The number of benzene rings is 2. The summed E-state index contributed by atoms with van der Waals surface area (Å²) in [5.74, 6) is 1.07. The van der Waals surface area contributed by atoms with Gasteiger partial charge in [-0.25, -0.2) is 0 Å². The number of rotatable bonds is 0. The predicted molar refractivity (Wildman–Crippen MR) is 87.5 cm³/mol. The normalized spacial score (nSPS) is 20.7. The summed E-state index contributed by atoms with van der Waals surface area (Å²) in [6.45, 7) is 4.37. The minimum atomic E-state index is 0.0204. The molecule has 1 saturated heterocycles. The van der Waals surface area contributed by atoms with Gasteiger partial charge in [0.25, 0.3) is 0 Å². The molecule has 0 saturated carbocycles. The number of piperidine rings is 1. The SMILES string of the molecule is Cc1ccc(Cl)c2cc3c(cc12)OC1(CCN(C)CC1)C3. The standard InChI is InChI=1S/C18H20ClNO/c1-12-3-4-16(19)15-9-13-11-18(5-7-20(2)8-6-18)21-17(13)10-14(12)15/h3-4,9-10H,5-8,11H2,1-2H3. The summed E-state index contributed by atoms with van der Waals surface area (Å²) in [7, 11) is 2.19. The van der Waals surface area contributed by atoms with Gasteiger partial charge in [-0.2, -0.15) is 0 Å². The molecule has 0 atom stereocenters. The van der Waals surface area contributed by atoms with Crippen LogP contribution in [0.15, 0.2) is 24.3 Å². The van der Waals surface area contributed by atoms with Crippen molar-refractivity contribution in [2.24, 2.45) is 0 Å². The Morgan fingerprint density at radius 2 is 1.90 bits per heavy atom. The molecule has 21 heavy (non-hydrogen) atoms. The number of nitrogens with zero attached hydrogens (tertiary/aromatic N) is 1. The quantitative estimate of drug-likeness (QED) is 0.723. The molecule has 2 aromatic rings. The zero-order chi connectivity index (χ0) is 14.6. The second kappa shape index (κ2) is 4.62. The lowest BCUT2D eigenvalue weighted by molar-refractivity contribution is 0.0271. The lowest BCUT2D eigenvalue weighted by Gasteiger charge is -2.37. The van der Waals surface area contributed by atoms with E-state index in [4.69, 9.17) is 16.3 Å². The van der Waals surface area contributed by atoms with Crippen molar-refractivity contribution in [2.75, 3.05) is 20.1 Å². The minimum Gasteiger partial charge on any atom is -0.487 e. The van der Waals surface area contributed by atoms with Gasteiger partial charge in [0, 0.05) is 42.8 Å². The fraction of sp³-hybridized carbons (Fsp3) is 0.444. The molecule has 2 aromatic carbocycles. The first-order valence-electron chi connectivity index (χ1n) is 7.66. The third-order valence-electron chi connectivity index (χ3n) is 5.10. The van der Waals surface area contributed by atoms with Crippen LogP contribution >= 0.6 is 11.6 Å². The van der Waals surface area contributed by atoms with Crippen LogP contribution in [0.3, 0.4) is 0 Å². The summed E-state index contributed by atoms with van der Waals surface area (Å²) in [5, 5.41) is 3.21. The molecule has 1 spiro atoms. The summed E-state index contributed by atoms with van der Waals surface area (Å²) in [6.07, 6.45) is 3.25. The summed E-state index contributed by atoms with van der Waals surface area (Å²) in [5.41, 5.74) is 2.59. The van der Waals surface area contributed by atoms with Crippen molar-refractivity contribution in [3.63, 3.8) is 0 Å². The summed E-state index contributed by atoms with van der Waals surface area (Å²) >= 11 is 6.38. The lowest BCUT2D eigenvalue weighted by atomic mass is 9.87. The van der Waals surface area contributed by atoms with Crippen molar-refractivity contribution in [3.05, 3.63) is 40.4 Å². The molecular formula is C18H20ClNO. The van der Waals surface area contributed by atoms with E-state index in [1.165, 1.54) is 16.5 Å². The molecule has 0 N–H and O–H groups in total. The third kappa shape index (κ3) is 2.13. The van der Waals surface area contributed by atoms with Gasteiger partial charge in [0.15, 0.2) is 0 Å². The summed E-state index contributed by atoms with van der Waals surface area (Å²) in [6, 6.07) is 8.51. The van der Waals surface area contributed by atoms with Crippen LogP contribution in [-0.4, -0.2) is 30.6 Å². The van der Waals surface area contributed by atoms with Crippen LogP contribution in [0.4, 0.5) is 0 Å². The zero-order valence-corrected chi connectivity index (χ0v) is 13.3. The highest BCUT2D eigenvalue weighted by molar-refractivity contribution is 6.35. The second-order valence-corrected chi connectivity index (χ2v) is 7.04. The number of halogens is 1. The van der Waals surface area contributed by atoms with E-state index in [-0.39, 0.29) is 5.60 Å². The molecule has 0 bridgehead atoms. The van der Waals surface area contributed by atoms with Gasteiger partial charge in [0.05, 0.1) is 0 Å². The number of likely N-dealkylation sites (tertiary alicyclic amines) is 1. The highest BCUT2D eigenvalue weighted by Gasteiger charge is 2.41. The lowest BCUT2D eigenvalue weighted by Crippen LogP contribution is -2.45. The van der Waals surface area contributed by atoms with Crippen molar-refractivity contribution >= 4 is 22.4 Å². The zero-order valence-electron chi connectivity index (χ0n) is 12.6. The maximum absolute atomic E-state index is 6.42. The molecule has 2 aliphatic rings. The molecule has 0 amide bonds. The summed E-state index contributed by atoms with van der Waals surface area (Å²) in [4.78, 5) is 2.38. The second-order valence-electron chi connectivity index (χ2n) is 6.63. The van der Waals surface area contributed by atoms with E-state index in [9.17, 15) is 0 Å². The van der Waals surface area contributed by atoms with Gasteiger partial charge in [0.2, 0.25) is 0 Å². The molecule has 2 heterocycles. The fourth-order valence-corrected chi connectivity index (χ4v) is 3.90. The number of hydrogen-bond donors (Lipinski definition) is 0. The van der Waals surface area contributed by atoms with Gasteiger partial charge in [-0.05, 0) is 48.7 Å². The Bertz CT molecular complexity index is 664. The smallest absolute Gasteiger partial charge is 0.124 e. The van der Waals surface area contributed by atoms with Crippen LogP contribution in [0.1, 0.15) is 24.0 Å². The van der Waals surface area contributed by atoms with Gasteiger partial charge < -0.3 is 9.64 Å². The van der Waals surface area contributed by atoms with Crippen LogP contribution in [0.5, 0.6) is 5.75 Å². The van der Waals surface area contributed by atoms with E-state index in [0.29, 0.717) is 0 Å². The van der Waals surface area contributed by atoms with E-state index >= 15 is 0 Å². The number of fused-ring (bicyclic) bond motifs is 2. The molecule has 1 fully saturated rings. The average Bonchev–Trinajstić information content (AvgIpc) is 2.82. The number of ether oxygens (including phenoxy) is 1. The molecule has 2 aliphatic heterocycles. The van der Waals surface area contributed by atoms with Gasteiger partial charge in [-0.15, -0.1) is 0 Å². The number of aryl methyl sites for hydroxylation is 1. The van der Waals surface area contributed by atoms with Crippen molar-refractivity contribution in [2.45, 2.75) is 31.8 Å². The van der Waals surface area contributed by atoms with E-state index in [1.54, 1.807) is 0 Å². The van der Waals surface area contributed by atoms with Crippen molar-refractivity contribution in [1.29, 1.82) is 0 Å². The van der Waals surface area contributed by atoms with Crippen molar-refractivity contribution in [3.8, 4) is 5.75 Å². The molecule has 3 heteroatoms. The molecular weight excluding hydrogens is 282 g/mol. The molecule has 0 radical (unpaired) electrons. The maximum atomic E-state index is 6.42. The third-order valence-corrected chi connectivity index (χ3v) is 5.43. The van der Waals surface area contributed by atoms with Crippen LogP contribution in [-0.2, 0) is 6.42 Å². The number of hydrogen-bond acceptors (Lipinski definition) is 2. The highest BCUT2D eigenvalue weighted by Crippen LogP contribution is 2.44. The van der Waals surface area contributed by atoms with E-state index in [1.807, 2.05) is 6.07 Å². The molecule has 0 aromatic heterocycles. The molecule has 0 aliphatic carbocycles. The largest absolute Gasteiger partial charge is 0.487 e. The first kappa shape index (κ1) is 13.4. The van der Waals surface area contributed by atoms with Gasteiger partial charge >= 0.3 is 0 Å². The van der Waals surface area contributed by atoms with Crippen LogP contribution in [0.2, 0.25) is 5.02 Å². The van der Waals surface area contributed by atoms with Gasteiger partial charge in [-0.3, -0.25) is 0 Å². The van der Waals surface area contributed by atoms with Crippen molar-refractivity contribution in [1.82, 2.24) is 4.90 Å². The Morgan fingerprint density at radius 3 is 2.67 bits per heavy atom. The van der Waals surface area contributed by atoms with E-state index in [2.05, 4.69) is 37.1 Å². The highest BCUT2D eigenvalue weighted by atomic mass is 35.5. The maximum Gasteiger partial charge on any atom is 0.124 e. The van der Waals surface area contributed by atoms with Crippen LogP contribution < -0.4 is 4.74 Å². The van der Waals surface area contributed by atoms with Crippen LogP contribution in [0.25, 0.3) is 10.8 Å². The fourth-order valence-electron chi connectivity index (χ4n) is 3.68.